The first-order valence-electron chi connectivity index (χ1n) is 7.83. The molecule has 0 saturated heterocycles. The summed E-state index contributed by atoms with van der Waals surface area (Å²) in [4.78, 5) is 17.8. The Morgan fingerprint density at radius 1 is 1.26 bits per heavy atom. The number of carbonyl (C=O) groups is 1. The summed E-state index contributed by atoms with van der Waals surface area (Å²) in [6, 6.07) is 5.80. The Bertz CT molecular complexity index is 1090. The molecule has 0 fully saturated rings. The molecule has 10 heteroatoms. The van der Waals surface area contributed by atoms with E-state index < -0.39 is 9.84 Å². The van der Waals surface area contributed by atoms with Crippen molar-refractivity contribution in [2.45, 2.75) is 18.2 Å². The standard InChI is InChI=1S/C17H15BrN2O4S3/c1-2-27(23,24)12-3-4-14(21)13(7-12)20-16(22)6-11-9-26-17(19-11)15-5-10(18)8-25-15/h3-5,7-9,21H,2,6H2,1H3,(H,20,22). The van der Waals surface area contributed by atoms with Gasteiger partial charge in [-0.2, -0.15) is 0 Å². The molecule has 0 spiro atoms. The first-order valence-corrected chi connectivity index (χ1v) is 12.0. The van der Waals surface area contributed by atoms with Crippen molar-refractivity contribution in [3.05, 3.63) is 45.2 Å². The highest BCUT2D eigenvalue weighted by molar-refractivity contribution is 9.10. The fraction of sp³-hybridized carbons (Fsp3) is 0.176. The second-order valence-corrected chi connectivity index (χ2v) is 10.5. The number of hydrogen-bond acceptors (Lipinski definition) is 7. The Balaban J connectivity index is 1.73. The van der Waals surface area contributed by atoms with E-state index in [1.54, 1.807) is 16.7 Å². The van der Waals surface area contributed by atoms with Gasteiger partial charge in [0, 0.05) is 15.2 Å². The van der Waals surface area contributed by atoms with Crippen molar-refractivity contribution in [1.29, 1.82) is 0 Å². The second kappa shape index (κ2) is 8.09. The lowest BCUT2D eigenvalue weighted by molar-refractivity contribution is -0.115. The zero-order valence-electron chi connectivity index (χ0n) is 14.1. The highest BCUT2D eigenvalue weighted by atomic mass is 79.9. The molecular weight excluding hydrogens is 472 g/mol. The quantitative estimate of drug-likeness (QED) is 0.505. The zero-order valence-corrected chi connectivity index (χ0v) is 18.1. The Morgan fingerprint density at radius 2 is 2.04 bits per heavy atom. The van der Waals surface area contributed by atoms with Gasteiger partial charge in [0.25, 0.3) is 0 Å². The number of aromatic nitrogens is 1. The average Bonchev–Trinajstić information content (AvgIpc) is 3.25. The van der Waals surface area contributed by atoms with E-state index in [0.717, 1.165) is 14.4 Å². The number of phenols is 1. The molecule has 0 saturated carbocycles. The summed E-state index contributed by atoms with van der Waals surface area (Å²) in [6.45, 7) is 1.53. The van der Waals surface area contributed by atoms with E-state index in [0.29, 0.717) is 5.69 Å². The smallest absolute Gasteiger partial charge is 0.230 e. The first kappa shape index (κ1) is 20.0. The van der Waals surface area contributed by atoms with Gasteiger partial charge in [0.2, 0.25) is 5.91 Å². The molecular formula is C17H15BrN2O4S3. The van der Waals surface area contributed by atoms with Gasteiger partial charge in [-0.3, -0.25) is 4.79 Å². The number of halogens is 1. The van der Waals surface area contributed by atoms with Crippen LogP contribution in [0.3, 0.4) is 0 Å². The molecule has 0 atom stereocenters. The second-order valence-electron chi connectivity index (χ2n) is 5.58. The number of nitrogens with zero attached hydrogens (tertiary/aromatic N) is 1. The van der Waals surface area contributed by atoms with E-state index in [1.165, 1.54) is 36.5 Å². The molecule has 0 bridgehead atoms. The van der Waals surface area contributed by atoms with Gasteiger partial charge in [-0.25, -0.2) is 13.4 Å². The number of thiazole rings is 1. The third kappa shape index (κ3) is 4.75. The number of nitrogens with one attached hydrogen (secondary N) is 1. The largest absolute Gasteiger partial charge is 0.506 e. The van der Waals surface area contributed by atoms with Crippen molar-refractivity contribution < 1.29 is 18.3 Å². The summed E-state index contributed by atoms with van der Waals surface area (Å²) in [6.07, 6.45) is 0.0211. The number of benzene rings is 1. The predicted octanol–water partition coefficient (Wildman–Crippen LogP) is 4.31. The molecule has 1 aromatic carbocycles. The van der Waals surface area contributed by atoms with Crippen LogP contribution < -0.4 is 5.32 Å². The minimum atomic E-state index is -3.43. The molecule has 3 aromatic rings. The van der Waals surface area contributed by atoms with Crippen molar-refractivity contribution >= 4 is 60.0 Å². The highest BCUT2D eigenvalue weighted by Gasteiger charge is 2.16. The molecule has 142 valence electrons. The van der Waals surface area contributed by atoms with Crippen molar-refractivity contribution in [3.63, 3.8) is 0 Å². The lowest BCUT2D eigenvalue weighted by atomic mass is 10.2. The number of carbonyl (C=O) groups excluding carboxylic acids is 1. The molecule has 3 rings (SSSR count). The summed E-state index contributed by atoms with van der Waals surface area (Å²) in [7, 11) is -3.43. The Kier molecular flexibility index (Phi) is 5.99. The van der Waals surface area contributed by atoms with Crippen LogP contribution in [0.4, 0.5) is 5.69 Å². The van der Waals surface area contributed by atoms with Gasteiger partial charge in [-0.05, 0) is 40.2 Å². The van der Waals surface area contributed by atoms with Gasteiger partial charge < -0.3 is 10.4 Å². The van der Waals surface area contributed by atoms with Crippen molar-refractivity contribution in [2.75, 3.05) is 11.1 Å². The lowest BCUT2D eigenvalue weighted by Gasteiger charge is -2.09. The lowest BCUT2D eigenvalue weighted by Crippen LogP contribution is -2.15. The number of thiophene rings is 1. The third-order valence-electron chi connectivity index (χ3n) is 3.65. The van der Waals surface area contributed by atoms with Crippen LogP contribution in [0.1, 0.15) is 12.6 Å². The van der Waals surface area contributed by atoms with Gasteiger partial charge in [0.05, 0.1) is 33.3 Å². The van der Waals surface area contributed by atoms with E-state index in [2.05, 4.69) is 26.2 Å². The van der Waals surface area contributed by atoms with E-state index in [9.17, 15) is 18.3 Å². The molecule has 0 aliphatic rings. The molecule has 2 aromatic heterocycles. The summed E-state index contributed by atoms with van der Waals surface area (Å²) in [5.74, 6) is -0.646. The van der Waals surface area contributed by atoms with Crippen LogP contribution in [0, 0.1) is 0 Å². The Hall–Kier alpha value is -1.75. The highest BCUT2D eigenvalue weighted by Crippen LogP contribution is 2.32. The maximum atomic E-state index is 12.3. The number of rotatable bonds is 6. The van der Waals surface area contributed by atoms with E-state index >= 15 is 0 Å². The maximum Gasteiger partial charge on any atom is 0.230 e. The minimum Gasteiger partial charge on any atom is -0.506 e. The maximum absolute atomic E-state index is 12.3. The van der Waals surface area contributed by atoms with Crippen molar-refractivity contribution in [1.82, 2.24) is 4.98 Å². The molecule has 0 aliphatic heterocycles. The molecule has 2 heterocycles. The van der Waals surface area contributed by atoms with Crippen LogP contribution in [0.5, 0.6) is 5.75 Å². The topological polar surface area (TPSA) is 96.4 Å². The molecule has 0 aliphatic carbocycles. The number of aromatic hydroxyl groups is 1. The summed E-state index contributed by atoms with van der Waals surface area (Å²) < 4.78 is 24.9. The first-order chi connectivity index (χ1) is 12.8. The molecule has 6 nitrogen and oxygen atoms in total. The van der Waals surface area contributed by atoms with Gasteiger partial charge in [0.15, 0.2) is 9.84 Å². The van der Waals surface area contributed by atoms with E-state index in [-0.39, 0.29) is 34.4 Å². The van der Waals surface area contributed by atoms with Crippen LogP contribution in [0.2, 0.25) is 0 Å². The zero-order chi connectivity index (χ0) is 19.6. The molecule has 0 unspecified atom stereocenters. The normalized spacial score (nSPS) is 11.5. The molecule has 0 radical (unpaired) electrons. The predicted molar refractivity (Wildman–Crippen MR) is 111 cm³/mol. The van der Waals surface area contributed by atoms with Crippen LogP contribution >= 0.6 is 38.6 Å². The Labute approximate surface area is 173 Å². The Morgan fingerprint density at radius 3 is 2.70 bits per heavy atom. The third-order valence-corrected chi connectivity index (χ3v) is 8.14. The number of sulfone groups is 1. The molecule has 27 heavy (non-hydrogen) atoms. The number of phenolic OH excluding ortho intramolecular Hbond substituents is 1. The molecule has 1 amide bonds. The number of anilines is 1. The average molecular weight is 487 g/mol. The SMILES string of the molecule is CCS(=O)(=O)c1ccc(O)c(NC(=O)Cc2csc(-c3cc(Br)cs3)n2)c1. The number of hydrogen-bond donors (Lipinski definition) is 2. The van der Waals surface area contributed by atoms with Crippen LogP contribution in [-0.2, 0) is 21.1 Å². The molecule has 2 N–H and O–H groups in total. The van der Waals surface area contributed by atoms with Crippen molar-refractivity contribution in [3.8, 4) is 15.6 Å². The summed E-state index contributed by atoms with van der Waals surface area (Å²) >= 11 is 6.40. The van der Waals surface area contributed by atoms with Crippen LogP contribution in [0.15, 0.2) is 44.4 Å². The summed E-state index contributed by atoms with van der Waals surface area (Å²) in [5.41, 5.74) is 0.668. The van der Waals surface area contributed by atoms with E-state index in [4.69, 9.17) is 0 Å². The van der Waals surface area contributed by atoms with Gasteiger partial charge in [0.1, 0.15) is 10.8 Å². The fourth-order valence-corrected chi connectivity index (χ4v) is 5.49. The van der Waals surface area contributed by atoms with Crippen LogP contribution in [0.25, 0.3) is 9.88 Å². The van der Waals surface area contributed by atoms with Gasteiger partial charge >= 0.3 is 0 Å². The van der Waals surface area contributed by atoms with Crippen LogP contribution in [-0.4, -0.2) is 30.2 Å². The fourth-order valence-electron chi connectivity index (χ4n) is 2.26. The van der Waals surface area contributed by atoms with Gasteiger partial charge in [-0.1, -0.05) is 6.92 Å². The van der Waals surface area contributed by atoms with E-state index in [1.807, 2.05) is 11.4 Å². The summed E-state index contributed by atoms with van der Waals surface area (Å²) in [5, 5.41) is 17.1. The number of amides is 1. The minimum absolute atomic E-state index is 0.0211. The monoisotopic (exact) mass is 486 g/mol. The van der Waals surface area contributed by atoms with Gasteiger partial charge in [-0.15, -0.1) is 22.7 Å². The van der Waals surface area contributed by atoms with Crippen molar-refractivity contribution in [2.24, 2.45) is 0 Å².